The van der Waals surface area contributed by atoms with Crippen molar-refractivity contribution in [2.24, 2.45) is 10.2 Å². The Morgan fingerprint density at radius 1 is 1.32 bits per heavy atom. The zero-order chi connectivity index (χ0) is 16.1. The van der Waals surface area contributed by atoms with Gasteiger partial charge >= 0.3 is 5.69 Å². The van der Waals surface area contributed by atoms with Gasteiger partial charge in [-0.2, -0.15) is 5.10 Å². The van der Waals surface area contributed by atoms with Crippen LogP contribution in [0.5, 0.6) is 0 Å². The molecule has 0 amide bonds. The van der Waals surface area contributed by atoms with Gasteiger partial charge in [0.15, 0.2) is 0 Å². The van der Waals surface area contributed by atoms with Crippen LogP contribution in [0.15, 0.2) is 28.4 Å². The predicted molar refractivity (Wildman–Crippen MR) is 77.6 cm³/mol. The van der Waals surface area contributed by atoms with E-state index in [9.17, 15) is 20.2 Å². The Labute approximate surface area is 123 Å². The molecule has 0 unspecified atom stereocenters. The summed E-state index contributed by atoms with van der Waals surface area (Å²) in [6.45, 7) is 0. The second kappa shape index (κ2) is 6.50. The largest absolute Gasteiger partial charge is 0.301 e. The van der Waals surface area contributed by atoms with Crippen LogP contribution in [0.3, 0.4) is 0 Å². The smallest absolute Gasteiger partial charge is 0.272 e. The molecule has 11 nitrogen and oxygen atoms in total. The minimum Gasteiger partial charge on any atom is -0.272 e. The zero-order valence-corrected chi connectivity index (χ0v) is 11.2. The third-order valence-corrected chi connectivity index (χ3v) is 3.19. The highest BCUT2D eigenvalue weighted by Crippen LogP contribution is 2.29. The second-order valence-electron chi connectivity index (χ2n) is 4.54. The summed E-state index contributed by atoms with van der Waals surface area (Å²) in [6, 6.07) is 2.87. The molecule has 1 aliphatic carbocycles. The van der Waals surface area contributed by atoms with Crippen molar-refractivity contribution in [1.82, 2.24) is 0 Å². The lowest BCUT2D eigenvalue weighted by molar-refractivity contribution is -0.393. The summed E-state index contributed by atoms with van der Waals surface area (Å²) in [5.41, 5.74) is 10.8. The molecule has 1 aromatic carbocycles. The van der Waals surface area contributed by atoms with Gasteiger partial charge in [-0.05, 0) is 30.9 Å². The molecule has 1 fully saturated rings. The molecule has 1 aromatic rings. The molecular weight excluding hydrogens is 294 g/mol. The lowest BCUT2D eigenvalue weighted by atomic mass is 10.2. The topological polar surface area (TPSA) is 159 Å². The number of azide groups is 1. The van der Waals surface area contributed by atoms with Gasteiger partial charge in [0.25, 0.3) is 5.69 Å². The van der Waals surface area contributed by atoms with Crippen molar-refractivity contribution >= 4 is 22.8 Å². The van der Waals surface area contributed by atoms with Gasteiger partial charge in [-0.25, -0.2) is 0 Å². The van der Waals surface area contributed by atoms with E-state index < -0.39 is 15.5 Å². The highest BCUT2D eigenvalue weighted by Gasteiger charge is 2.23. The molecule has 114 valence electrons. The lowest BCUT2D eigenvalue weighted by Gasteiger charge is -2.06. The number of anilines is 1. The first-order chi connectivity index (χ1) is 10.5. The van der Waals surface area contributed by atoms with Gasteiger partial charge < -0.3 is 0 Å². The summed E-state index contributed by atoms with van der Waals surface area (Å²) < 4.78 is 0. The molecule has 0 radical (unpaired) electrons. The predicted octanol–water partition coefficient (Wildman–Crippen LogP) is 3.13. The van der Waals surface area contributed by atoms with Gasteiger partial charge in [0, 0.05) is 16.7 Å². The van der Waals surface area contributed by atoms with Crippen LogP contribution >= 0.6 is 0 Å². The third-order valence-electron chi connectivity index (χ3n) is 3.19. The maximum absolute atomic E-state index is 11.0. The fourth-order valence-electron chi connectivity index (χ4n) is 2.14. The van der Waals surface area contributed by atoms with Gasteiger partial charge in [0.05, 0.1) is 22.0 Å². The molecule has 0 spiro atoms. The molecular formula is C11H11N7O4. The number of nitro groups is 2. The van der Waals surface area contributed by atoms with Crippen molar-refractivity contribution < 1.29 is 9.85 Å². The number of nitrogens with zero attached hydrogens (tertiary/aromatic N) is 6. The summed E-state index contributed by atoms with van der Waals surface area (Å²) in [5, 5.41) is 29.3. The average molecular weight is 305 g/mol. The highest BCUT2D eigenvalue weighted by molar-refractivity contribution is 5.92. The van der Waals surface area contributed by atoms with Crippen molar-refractivity contribution in [3.8, 4) is 0 Å². The quantitative estimate of drug-likeness (QED) is 0.290. The lowest BCUT2D eigenvalue weighted by Crippen LogP contribution is -2.12. The molecule has 1 atom stereocenters. The van der Waals surface area contributed by atoms with E-state index in [-0.39, 0.29) is 17.4 Å². The summed E-state index contributed by atoms with van der Waals surface area (Å²) in [7, 11) is 0. The molecule has 0 heterocycles. The molecule has 11 heteroatoms. The Balaban J connectivity index is 2.27. The van der Waals surface area contributed by atoms with E-state index >= 15 is 0 Å². The highest BCUT2D eigenvalue weighted by atomic mass is 16.6. The normalized spacial score (nSPS) is 18.7. The summed E-state index contributed by atoms with van der Waals surface area (Å²) >= 11 is 0. The Hall–Kier alpha value is -3.20. The van der Waals surface area contributed by atoms with E-state index in [0.717, 1.165) is 18.6 Å². The Morgan fingerprint density at radius 2 is 2.09 bits per heavy atom. The summed E-state index contributed by atoms with van der Waals surface area (Å²) in [5.74, 6) is 0. The zero-order valence-electron chi connectivity index (χ0n) is 11.2. The Kier molecular flexibility index (Phi) is 4.49. The van der Waals surface area contributed by atoms with Gasteiger partial charge in [-0.1, -0.05) is 5.11 Å². The van der Waals surface area contributed by atoms with E-state index in [1.807, 2.05) is 0 Å². The monoisotopic (exact) mass is 305 g/mol. The van der Waals surface area contributed by atoms with Crippen LogP contribution in [0.25, 0.3) is 10.4 Å². The van der Waals surface area contributed by atoms with Gasteiger partial charge in [-0.15, -0.1) is 0 Å². The van der Waals surface area contributed by atoms with Gasteiger partial charge in [-0.3, -0.25) is 25.7 Å². The number of hydrogen-bond donors (Lipinski definition) is 1. The number of hydrazone groups is 1. The minimum absolute atomic E-state index is 0.0367. The SMILES string of the molecule is [N-]=[N+]=N[C@@H]1CCC/C1=N\Nc1ccc([N+](=O)[O-])cc1[N+](=O)[O-]. The Morgan fingerprint density at radius 3 is 2.73 bits per heavy atom. The number of nitro benzene ring substituents is 2. The van der Waals surface area contributed by atoms with Crippen molar-refractivity contribution in [2.75, 3.05) is 5.43 Å². The van der Waals surface area contributed by atoms with Crippen molar-refractivity contribution in [2.45, 2.75) is 25.3 Å². The van der Waals surface area contributed by atoms with E-state index in [1.165, 1.54) is 6.07 Å². The van der Waals surface area contributed by atoms with Crippen molar-refractivity contribution in [3.05, 3.63) is 48.9 Å². The number of rotatable bonds is 5. The van der Waals surface area contributed by atoms with E-state index in [2.05, 4.69) is 20.6 Å². The van der Waals surface area contributed by atoms with Gasteiger partial charge in [0.1, 0.15) is 5.69 Å². The molecule has 22 heavy (non-hydrogen) atoms. The van der Waals surface area contributed by atoms with Crippen LogP contribution < -0.4 is 5.43 Å². The molecule has 0 saturated heterocycles. The van der Waals surface area contributed by atoms with Gasteiger partial charge in [0.2, 0.25) is 0 Å². The maximum Gasteiger partial charge on any atom is 0.301 e. The number of nitrogens with one attached hydrogen (secondary N) is 1. The molecule has 1 saturated carbocycles. The van der Waals surface area contributed by atoms with E-state index in [1.54, 1.807) is 0 Å². The molecule has 2 rings (SSSR count). The van der Waals surface area contributed by atoms with Crippen LogP contribution in [0.1, 0.15) is 19.3 Å². The molecule has 0 aromatic heterocycles. The first-order valence-corrected chi connectivity index (χ1v) is 6.32. The van der Waals surface area contributed by atoms with Crippen molar-refractivity contribution in [1.29, 1.82) is 0 Å². The van der Waals surface area contributed by atoms with Crippen LogP contribution in [-0.2, 0) is 0 Å². The van der Waals surface area contributed by atoms with E-state index in [4.69, 9.17) is 5.53 Å². The number of hydrogen-bond acceptors (Lipinski definition) is 7. The maximum atomic E-state index is 11.0. The van der Waals surface area contributed by atoms with E-state index in [0.29, 0.717) is 18.6 Å². The summed E-state index contributed by atoms with van der Waals surface area (Å²) in [6.07, 6.45) is 2.11. The fourth-order valence-corrected chi connectivity index (χ4v) is 2.14. The van der Waals surface area contributed by atoms with Crippen LogP contribution in [0.4, 0.5) is 17.1 Å². The second-order valence-corrected chi connectivity index (χ2v) is 4.54. The minimum atomic E-state index is -0.727. The molecule has 1 N–H and O–H groups in total. The first kappa shape index (κ1) is 15.2. The standard InChI is InChI=1S/C11H11N7O4/c12-16-15-9-3-1-2-8(9)13-14-10-5-4-7(17(19)20)6-11(10)18(21)22/h4-6,9,14H,1-3H2/b13-8+/t9-/m1/s1. The molecule has 1 aliphatic rings. The fraction of sp³-hybridized carbons (Fsp3) is 0.364. The Bertz CT molecular complexity index is 696. The van der Waals surface area contributed by atoms with Crippen LogP contribution in [-0.4, -0.2) is 21.6 Å². The van der Waals surface area contributed by atoms with Crippen molar-refractivity contribution in [3.63, 3.8) is 0 Å². The average Bonchev–Trinajstić information content (AvgIpc) is 2.92. The van der Waals surface area contributed by atoms with Crippen LogP contribution in [0, 0.1) is 20.2 Å². The third kappa shape index (κ3) is 3.27. The number of benzene rings is 1. The van der Waals surface area contributed by atoms with Crippen LogP contribution in [0.2, 0.25) is 0 Å². The molecule has 0 bridgehead atoms. The first-order valence-electron chi connectivity index (χ1n) is 6.32. The number of non-ortho nitro benzene ring substituents is 1. The summed E-state index contributed by atoms with van der Waals surface area (Å²) in [4.78, 5) is 22.9. The molecule has 0 aliphatic heterocycles.